The topological polar surface area (TPSA) is 38.7 Å². The van der Waals surface area contributed by atoms with Crippen LogP contribution < -0.4 is 0 Å². The maximum atomic E-state index is 4.18. The second-order valence-corrected chi connectivity index (χ2v) is 5.44. The van der Waals surface area contributed by atoms with Crippen molar-refractivity contribution < 1.29 is 0 Å². The number of benzene rings is 2. The molecule has 0 spiro atoms. The van der Waals surface area contributed by atoms with Crippen molar-refractivity contribution in [2.45, 2.75) is 69.2 Å². The minimum Gasteiger partial charge on any atom is -0.265 e. The van der Waals surface area contributed by atoms with E-state index < -0.39 is 0 Å². The Hall–Kier alpha value is -3.59. The number of hydrogen-bond acceptors (Lipinski definition) is 3. The highest BCUT2D eigenvalue weighted by atomic mass is 14.6. The maximum Gasteiger partial charge on any atom is 0.0701 e. The minimum absolute atomic E-state index is 1.06. The van der Waals surface area contributed by atoms with Gasteiger partial charge in [-0.2, -0.15) is 0 Å². The van der Waals surface area contributed by atoms with Crippen molar-refractivity contribution in [1.29, 1.82) is 0 Å². The van der Waals surface area contributed by atoms with E-state index in [2.05, 4.69) is 39.2 Å². The van der Waals surface area contributed by atoms with E-state index >= 15 is 0 Å². The summed E-state index contributed by atoms with van der Waals surface area (Å²) in [5, 5.41) is 3.65. The van der Waals surface area contributed by atoms with Crippen molar-refractivity contribution in [2.24, 2.45) is 0 Å². The van der Waals surface area contributed by atoms with Gasteiger partial charge in [0.1, 0.15) is 0 Å². The number of nitrogens with zero attached hydrogens (tertiary/aromatic N) is 3. The highest BCUT2D eigenvalue weighted by molar-refractivity contribution is 5.81. The minimum atomic E-state index is 1.06. The Labute approximate surface area is 221 Å². The fourth-order valence-corrected chi connectivity index (χ4v) is 2.36. The highest BCUT2D eigenvalue weighted by Gasteiger charge is 1.87. The van der Waals surface area contributed by atoms with Crippen molar-refractivity contribution in [2.75, 3.05) is 0 Å². The van der Waals surface area contributed by atoms with Gasteiger partial charge in [-0.1, -0.05) is 124 Å². The second kappa shape index (κ2) is 31.4. The molecule has 5 aromatic rings. The van der Waals surface area contributed by atoms with Gasteiger partial charge in [0.25, 0.3) is 0 Å². The lowest BCUT2D eigenvalue weighted by Gasteiger charge is -1.91. The Kier molecular flexibility index (Phi) is 32.3. The van der Waals surface area contributed by atoms with Gasteiger partial charge in [0.2, 0.25) is 0 Å². The molecule has 0 atom stereocenters. The number of aromatic nitrogens is 3. The van der Waals surface area contributed by atoms with Crippen LogP contribution >= 0.6 is 0 Å². The molecule has 3 aromatic heterocycles. The number of pyridine rings is 3. The van der Waals surface area contributed by atoms with Gasteiger partial charge in [-0.15, -0.1) is 0 Å². The van der Waals surface area contributed by atoms with E-state index in [4.69, 9.17) is 0 Å². The lowest BCUT2D eigenvalue weighted by Crippen LogP contribution is -1.73. The van der Waals surface area contributed by atoms with Crippen molar-refractivity contribution >= 4 is 21.7 Å². The Morgan fingerprint density at radius 1 is 0.361 bits per heavy atom. The molecule has 0 saturated heterocycles. The van der Waals surface area contributed by atoms with E-state index in [1.54, 1.807) is 12.4 Å². The first-order valence-corrected chi connectivity index (χ1v) is 13.4. The van der Waals surface area contributed by atoms with Crippen LogP contribution in [0.2, 0.25) is 0 Å². The van der Waals surface area contributed by atoms with Crippen LogP contribution in [0.15, 0.2) is 116 Å². The molecule has 196 valence electrons. The Balaban J connectivity index is -0.000000394. The summed E-state index contributed by atoms with van der Waals surface area (Å²) in [6, 6.07) is 28.0. The molecule has 5 rings (SSSR count). The molecule has 0 fully saturated rings. The molecule has 2 aromatic carbocycles. The first-order chi connectivity index (χ1) is 17.9. The third kappa shape index (κ3) is 17.8. The lowest BCUT2D eigenvalue weighted by molar-refractivity contribution is 1.33. The van der Waals surface area contributed by atoms with E-state index in [1.165, 1.54) is 16.2 Å². The lowest BCUT2D eigenvalue weighted by atomic mass is 10.2. The summed E-state index contributed by atoms with van der Waals surface area (Å²) in [6.07, 6.45) is 8.99. The fourth-order valence-electron chi connectivity index (χ4n) is 2.36. The molecule has 0 aliphatic rings. The Bertz CT molecular complexity index is 819. The van der Waals surface area contributed by atoms with Gasteiger partial charge < -0.3 is 0 Å². The summed E-state index contributed by atoms with van der Waals surface area (Å²) < 4.78 is 0. The predicted molar refractivity (Wildman–Crippen MR) is 164 cm³/mol. The first-order valence-electron chi connectivity index (χ1n) is 13.4. The smallest absolute Gasteiger partial charge is 0.0701 e. The van der Waals surface area contributed by atoms with Crippen LogP contribution in [0.1, 0.15) is 69.2 Å². The normalized spacial score (nSPS) is 7.72. The van der Waals surface area contributed by atoms with E-state index in [0.717, 1.165) is 5.52 Å². The van der Waals surface area contributed by atoms with E-state index in [9.17, 15) is 0 Å². The SMILES string of the molecule is CC.CC.CC.CC.CC.c1ccc2cnccc2c1.c1ccc2ncccc2c1.c1ccncc1. The summed E-state index contributed by atoms with van der Waals surface area (Å²) in [6.45, 7) is 20.0. The maximum absolute atomic E-state index is 4.18. The largest absolute Gasteiger partial charge is 0.265 e. The average molecular weight is 488 g/mol. The molecule has 0 radical (unpaired) electrons. The zero-order valence-electron chi connectivity index (χ0n) is 24.3. The molecule has 0 aliphatic heterocycles. The molecule has 0 saturated carbocycles. The number of hydrogen-bond donors (Lipinski definition) is 0. The van der Waals surface area contributed by atoms with Crippen LogP contribution in [0.5, 0.6) is 0 Å². The second-order valence-electron chi connectivity index (χ2n) is 5.44. The zero-order chi connectivity index (χ0) is 27.9. The Morgan fingerprint density at radius 3 is 1.33 bits per heavy atom. The van der Waals surface area contributed by atoms with Gasteiger partial charge in [0.05, 0.1) is 5.52 Å². The van der Waals surface area contributed by atoms with Crippen LogP contribution in [-0.4, -0.2) is 15.0 Å². The van der Waals surface area contributed by atoms with Crippen molar-refractivity contribution in [3.8, 4) is 0 Å². The van der Waals surface area contributed by atoms with Crippen LogP contribution in [0, 0.1) is 0 Å². The average Bonchev–Trinajstić information content (AvgIpc) is 3.04. The fraction of sp³-hybridized carbons (Fsp3) is 0.303. The number of para-hydroxylation sites is 1. The van der Waals surface area contributed by atoms with Crippen molar-refractivity contribution in [1.82, 2.24) is 15.0 Å². The highest BCUT2D eigenvalue weighted by Crippen LogP contribution is 2.09. The Morgan fingerprint density at radius 2 is 0.861 bits per heavy atom. The third-order valence-electron chi connectivity index (χ3n) is 3.63. The van der Waals surface area contributed by atoms with Gasteiger partial charge in [0.15, 0.2) is 0 Å². The molecular formula is C33H49N3. The summed E-state index contributed by atoms with van der Waals surface area (Å²) in [5.41, 5.74) is 1.06. The van der Waals surface area contributed by atoms with Gasteiger partial charge in [-0.25, -0.2) is 0 Å². The van der Waals surface area contributed by atoms with E-state index in [-0.39, 0.29) is 0 Å². The molecule has 0 unspecified atom stereocenters. The van der Waals surface area contributed by atoms with Crippen LogP contribution in [0.3, 0.4) is 0 Å². The summed E-state index contributed by atoms with van der Waals surface area (Å²) in [7, 11) is 0. The summed E-state index contributed by atoms with van der Waals surface area (Å²) >= 11 is 0. The number of rotatable bonds is 0. The molecule has 0 aliphatic carbocycles. The molecular weight excluding hydrogens is 438 g/mol. The van der Waals surface area contributed by atoms with Crippen LogP contribution in [-0.2, 0) is 0 Å². The van der Waals surface area contributed by atoms with Crippen LogP contribution in [0.4, 0.5) is 0 Å². The molecule has 3 heteroatoms. The first kappa shape index (κ1) is 37.0. The van der Waals surface area contributed by atoms with Crippen molar-refractivity contribution in [3.63, 3.8) is 0 Å². The molecule has 0 amide bonds. The predicted octanol–water partition coefficient (Wildman–Crippen LogP) is 10.7. The molecule has 3 nitrogen and oxygen atoms in total. The van der Waals surface area contributed by atoms with Crippen LogP contribution in [0.25, 0.3) is 21.7 Å². The monoisotopic (exact) mass is 487 g/mol. The summed E-state index contributed by atoms with van der Waals surface area (Å²) in [5.74, 6) is 0. The third-order valence-corrected chi connectivity index (χ3v) is 3.63. The quantitative estimate of drug-likeness (QED) is 0.218. The number of fused-ring (bicyclic) bond motifs is 2. The van der Waals surface area contributed by atoms with E-state index in [1.807, 2.05) is 148 Å². The standard InChI is InChI=1S/2C9H7N.C5H5N.5C2H6/c1-2-6-9-8(4-1)5-3-7-10-9;1-2-4-9-7-10-6-5-8(9)3-1;1-2-4-6-5-3-1;5*1-2/h2*1-7H;1-5H;5*1-2H3. The summed E-state index contributed by atoms with van der Waals surface area (Å²) in [4.78, 5) is 12.0. The zero-order valence-corrected chi connectivity index (χ0v) is 24.3. The van der Waals surface area contributed by atoms with Gasteiger partial charge in [-0.05, 0) is 41.1 Å². The van der Waals surface area contributed by atoms with Crippen molar-refractivity contribution in [3.05, 3.63) is 116 Å². The molecule has 36 heavy (non-hydrogen) atoms. The van der Waals surface area contributed by atoms with E-state index in [0.29, 0.717) is 0 Å². The van der Waals surface area contributed by atoms with Gasteiger partial charge >= 0.3 is 0 Å². The molecule has 0 bridgehead atoms. The van der Waals surface area contributed by atoms with Gasteiger partial charge in [-0.3, -0.25) is 15.0 Å². The molecule has 3 heterocycles. The molecule has 0 N–H and O–H groups in total. The van der Waals surface area contributed by atoms with Gasteiger partial charge in [0, 0.05) is 36.4 Å².